The van der Waals surface area contributed by atoms with Gasteiger partial charge in [-0.05, 0) is 53.9 Å². The Hall–Kier alpha value is -3.39. The minimum absolute atomic E-state index is 0.0134. The highest BCUT2D eigenvalue weighted by Gasteiger charge is 2.30. The second kappa shape index (κ2) is 11.4. The average Bonchev–Trinajstić information content (AvgIpc) is 3.20. The second-order valence-corrected chi connectivity index (χ2v) is 9.36. The number of aliphatic hydroxyl groups is 1. The predicted octanol–water partition coefficient (Wildman–Crippen LogP) is 3.28. The van der Waals surface area contributed by atoms with E-state index in [1.165, 1.54) is 22.3 Å². The number of aliphatic hydroxyl groups excluding tert-OH is 1. The van der Waals surface area contributed by atoms with Crippen LogP contribution in [0.1, 0.15) is 49.1 Å². The summed E-state index contributed by atoms with van der Waals surface area (Å²) in [5.74, 6) is -1.20. The van der Waals surface area contributed by atoms with E-state index in [0.717, 1.165) is 12.8 Å². The number of nitrogens with one attached hydrogen (secondary N) is 2. The molecule has 8 heteroatoms. The Kier molecular flexibility index (Phi) is 8.02. The number of ether oxygens (including phenoxy) is 1. The number of fused-ring (bicyclic) bond motifs is 3. The molecule has 0 radical (unpaired) electrons. The van der Waals surface area contributed by atoms with E-state index in [4.69, 9.17) is 9.84 Å². The van der Waals surface area contributed by atoms with Crippen LogP contribution in [-0.2, 0) is 14.3 Å². The normalized spacial score (nSPS) is 19.8. The van der Waals surface area contributed by atoms with Crippen molar-refractivity contribution in [1.82, 2.24) is 10.6 Å². The van der Waals surface area contributed by atoms with Crippen LogP contribution in [0, 0.1) is 11.8 Å². The van der Waals surface area contributed by atoms with Crippen molar-refractivity contribution in [3.8, 4) is 11.1 Å². The third-order valence-corrected chi connectivity index (χ3v) is 7.10. The summed E-state index contributed by atoms with van der Waals surface area (Å²) in [7, 11) is 0. The van der Waals surface area contributed by atoms with Crippen LogP contribution in [0.5, 0.6) is 0 Å². The van der Waals surface area contributed by atoms with Crippen LogP contribution in [0.3, 0.4) is 0 Å². The van der Waals surface area contributed by atoms with E-state index in [0.29, 0.717) is 19.4 Å². The minimum atomic E-state index is -1.46. The molecule has 1 unspecified atom stereocenters. The van der Waals surface area contributed by atoms with Crippen molar-refractivity contribution in [3.63, 3.8) is 0 Å². The molecule has 4 N–H and O–H groups in total. The molecule has 2 amide bonds. The molecule has 1 saturated carbocycles. The Morgan fingerprint density at radius 1 is 0.914 bits per heavy atom. The number of amides is 2. The largest absolute Gasteiger partial charge is 0.479 e. The van der Waals surface area contributed by atoms with Crippen molar-refractivity contribution in [2.75, 3.05) is 19.7 Å². The number of rotatable bonds is 9. The van der Waals surface area contributed by atoms with E-state index in [2.05, 4.69) is 34.9 Å². The molecule has 2 aromatic rings. The highest BCUT2D eigenvalue weighted by molar-refractivity contribution is 5.79. The van der Waals surface area contributed by atoms with E-state index in [1.807, 2.05) is 24.3 Å². The molecule has 0 saturated heterocycles. The Labute approximate surface area is 204 Å². The molecule has 0 bridgehead atoms. The Bertz CT molecular complexity index is 1020. The Morgan fingerprint density at radius 2 is 1.51 bits per heavy atom. The third-order valence-electron chi connectivity index (χ3n) is 7.10. The Morgan fingerprint density at radius 3 is 2.11 bits per heavy atom. The van der Waals surface area contributed by atoms with Crippen LogP contribution < -0.4 is 10.6 Å². The summed E-state index contributed by atoms with van der Waals surface area (Å²) < 4.78 is 5.59. The first-order valence-electron chi connectivity index (χ1n) is 12.2. The van der Waals surface area contributed by atoms with E-state index in [9.17, 15) is 19.5 Å². The lowest BCUT2D eigenvalue weighted by molar-refractivity contribution is -0.147. The van der Waals surface area contributed by atoms with Crippen LogP contribution >= 0.6 is 0 Å². The number of carboxylic acid groups (broad SMARTS) is 1. The van der Waals surface area contributed by atoms with Crippen molar-refractivity contribution in [3.05, 3.63) is 59.7 Å². The summed E-state index contributed by atoms with van der Waals surface area (Å²) in [6.45, 7) is 0.925. The lowest BCUT2D eigenvalue weighted by atomic mass is 9.81. The molecule has 35 heavy (non-hydrogen) atoms. The molecule has 1 atom stereocenters. The fraction of sp³-hybridized carbons (Fsp3) is 0.444. The minimum Gasteiger partial charge on any atom is -0.479 e. The highest BCUT2D eigenvalue weighted by Crippen LogP contribution is 2.44. The number of carbonyl (C=O) groups is 3. The molecule has 2 aromatic carbocycles. The molecule has 2 aliphatic carbocycles. The lowest BCUT2D eigenvalue weighted by Gasteiger charge is -2.28. The zero-order valence-electron chi connectivity index (χ0n) is 19.6. The number of aliphatic carboxylic acids is 1. The SMILES string of the molecule is O=C(NCC1CCC(C(=O)NCCC(O)C(=O)O)CC1)OCC1c2ccccc2-c2ccccc21. The monoisotopic (exact) mass is 480 g/mol. The average molecular weight is 481 g/mol. The topological polar surface area (TPSA) is 125 Å². The lowest BCUT2D eigenvalue weighted by Crippen LogP contribution is -2.37. The molecule has 4 rings (SSSR count). The smallest absolute Gasteiger partial charge is 0.407 e. The van der Waals surface area contributed by atoms with Crippen molar-refractivity contribution >= 4 is 18.0 Å². The first kappa shape index (κ1) is 24.7. The maximum absolute atomic E-state index is 12.4. The highest BCUT2D eigenvalue weighted by atomic mass is 16.5. The van der Waals surface area contributed by atoms with Crippen molar-refractivity contribution in [2.45, 2.75) is 44.1 Å². The zero-order chi connectivity index (χ0) is 24.8. The van der Waals surface area contributed by atoms with Crippen molar-refractivity contribution in [1.29, 1.82) is 0 Å². The molecule has 0 aromatic heterocycles. The first-order chi connectivity index (χ1) is 16.9. The number of benzene rings is 2. The number of carboxylic acids is 1. The number of alkyl carbamates (subject to hydrolysis) is 1. The van der Waals surface area contributed by atoms with Gasteiger partial charge in [-0.25, -0.2) is 9.59 Å². The summed E-state index contributed by atoms with van der Waals surface area (Å²) in [6.07, 6.45) is 1.16. The van der Waals surface area contributed by atoms with Gasteiger partial charge >= 0.3 is 12.1 Å². The van der Waals surface area contributed by atoms with Gasteiger partial charge in [0.05, 0.1) is 0 Å². The molecule has 8 nitrogen and oxygen atoms in total. The van der Waals surface area contributed by atoms with Gasteiger partial charge in [-0.3, -0.25) is 4.79 Å². The summed E-state index contributed by atoms with van der Waals surface area (Å²) >= 11 is 0. The zero-order valence-corrected chi connectivity index (χ0v) is 19.6. The molecule has 186 valence electrons. The van der Waals surface area contributed by atoms with Gasteiger partial charge in [0.25, 0.3) is 0 Å². The summed E-state index contributed by atoms with van der Waals surface area (Å²) in [4.78, 5) is 35.3. The molecule has 0 aliphatic heterocycles. The Balaban J connectivity index is 1.17. The van der Waals surface area contributed by atoms with Gasteiger partial charge in [0.15, 0.2) is 6.10 Å². The quantitative estimate of drug-likeness (QED) is 0.437. The summed E-state index contributed by atoms with van der Waals surface area (Å²) in [5, 5.41) is 23.5. The molecule has 0 heterocycles. The molecular formula is C27H32N2O6. The molecular weight excluding hydrogens is 448 g/mol. The van der Waals surface area contributed by atoms with Gasteiger partial charge in [0.1, 0.15) is 6.61 Å². The van der Waals surface area contributed by atoms with Gasteiger partial charge in [0, 0.05) is 31.3 Å². The number of hydrogen-bond donors (Lipinski definition) is 4. The van der Waals surface area contributed by atoms with Crippen molar-refractivity contribution < 1.29 is 29.3 Å². The number of hydrogen-bond acceptors (Lipinski definition) is 5. The van der Waals surface area contributed by atoms with Gasteiger partial charge in [-0.15, -0.1) is 0 Å². The van der Waals surface area contributed by atoms with Crippen LogP contribution in [0.2, 0.25) is 0 Å². The maximum atomic E-state index is 12.4. The maximum Gasteiger partial charge on any atom is 0.407 e. The second-order valence-electron chi connectivity index (χ2n) is 9.36. The van der Waals surface area contributed by atoms with Gasteiger partial charge in [0.2, 0.25) is 5.91 Å². The van der Waals surface area contributed by atoms with Crippen LogP contribution in [-0.4, -0.2) is 54.0 Å². The van der Waals surface area contributed by atoms with Crippen LogP contribution in [0.25, 0.3) is 11.1 Å². The first-order valence-corrected chi connectivity index (χ1v) is 12.2. The van der Waals surface area contributed by atoms with E-state index in [-0.39, 0.29) is 43.2 Å². The van der Waals surface area contributed by atoms with Crippen LogP contribution in [0.15, 0.2) is 48.5 Å². The third kappa shape index (κ3) is 6.00. The molecule has 2 aliphatic rings. The predicted molar refractivity (Wildman–Crippen MR) is 130 cm³/mol. The number of carbonyl (C=O) groups excluding carboxylic acids is 2. The van der Waals surface area contributed by atoms with Gasteiger partial charge in [-0.2, -0.15) is 0 Å². The van der Waals surface area contributed by atoms with E-state index < -0.39 is 18.2 Å². The summed E-state index contributed by atoms with van der Waals surface area (Å²) in [5.41, 5.74) is 4.73. The fourth-order valence-electron chi connectivity index (χ4n) is 5.11. The van der Waals surface area contributed by atoms with Crippen LogP contribution in [0.4, 0.5) is 4.79 Å². The standard InChI is InChI=1S/C27H32N2O6/c30-24(26(32)33)13-14-28-25(31)18-11-9-17(10-12-18)15-29-27(34)35-16-23-21-7-3-1-5-19(21)20-6-2-4-8-22(20)23/h1-8,17-18,23-24,30H,9-16H2,(H,28,31)(H,29,34)(H,32,33). The fourth-order valence-corrected chi connectivity index (χ4v) is 5.11. The van der Waals surface area contributed by atoms with Crippen molar-refractivity contribution in [2.24, 2.45) is 11.8 Å². The van der Waals surface area contributed by atoms with Gasteiger partial charge < -0.3 is 25.6 Å². The molecule has 1 fully saturated rings. The molecule has 0 spiro atoms. The van der Waals surface area contributed by atoms with Gasteiger partial charge in [-0.1, -0.05) is 48.5 Å². The van der Waals surface area contributed by atoms with E-state index in [1.54, 1.807) is 0 Å². The summed E-state index contributed by atoms with van der Waals surface area (Å²) in [6, 6.07) is 16.4. The van der Waals surface area contributed by atoms with E-state index >= 15 is 0 Å².